The lowest BCUT2D eigenvalue weighted by atomic mass is 10.2. The van der Waals surface area contributed by atoms with Crippen LogP contribution in [0.1, 0.15) is 13.3 Å². The van der Waals surface area contributed by atoms with Crippen molar-refractivity contribution in [1.29, 1.82) is 0 Å². The zero-order valence-electron chi connectivity index (χ0n) is 14.3. The molecule has 7 heteroatoms. The van der Waals surface area contributed by atoms with E-state index in [0.29, 0.717) is 25.5 Å². The van der Waals surface area contributed by atoms with Gasteiger partial charge in [0.2, 0.25) is 5.91 Å². The summed E-state index contributed by atoms with van der Waals surface area (Å²) in [5, 5.41) is 6.32. The van der Waals surface area contributed by atoms with Crippen molar-refractivity contribution < 1.29 is 14.3 Å². The molecule has 0 spiro atoms. The van der Waals surface area contributed by atoms with Crippen LogP contribution < -0.4 is 15.5 Å². The lowest BCUT2D eigenvalue weighted by Crippen LogP contribution is -2.46. The lowest BCUT2D eigenvalue weighted by Gasteiger charge is -2.19. The number of esters is 1. The summed E-state index contributed by atoms with van der Waals surface area (Å²) in [5.74, 6) is 0.0966. The molecule has 2 unspecified atom stereocenters. The highest BCUT2D eigenvalue weighted by molar-refractivity contribution is 5.97. The van der Waals surface area contributed by atoms with Crippen molar-refractivity contribution in [3.63, 3.8) is 0 Å². The molecule has 1 aliphatic rings. The quantitative estimate of drug-likeness (QED) is 0.473. The molecule has 0 aromatic heterocycles. The largest absolute Gasteiger partial charge is 0.469 e. The summed E-state index contributed by atoms with van der Waals surface area (Å²) in [6.07, 6.45) is 0.405. The van der Waals surface area contributed by atoms with E-state index in [1.54, 1.807) is 18.9 Å². The molecule has 1 fully saturated rings. The Morgan fingerprint density at radius 2 is 2.12 bits per heavy atom. The number of para-hydroxylation sites is 1. The van der Waals surface area contributed by atoms with Crippen molar-refractivity contribution in [3.8, 4) is 0 Å². The van der Waals surface area contributed by atoms with Crippen molar-refractivity contribution >= 4 is 23.5 Å². The van der Waals surface area contributed by atoms with E-state index in [0.717, 1.165) is 5.69 Å². The van der Waals surface area contributed by atoms with E-state index in [1.807, 2.05) is 30.3 Å². The van der Waals surface area contributed by atoms with Gasteiger partial charge in [0, 0.05) is 32.2 Å². The van der Waals surface area contributed by atoms with Crippen molar-refractivity contribution in [3.05, 3.63) is 30.3 Å². The van der Waals surface area contributed by atoms with Crippen LogP contribution in [0.3, 0.4) is 0 Å². The van der Waals surface area contributed by atoms with Gasteiger partial charge in [-0.25, -0.2) is 0 Å². The van der Waals surface area contributed by atoms with E-state index in [2.05, 4.69) is 15.6 Å². The highest BCUT2D eigenvalue weighted by Crippen LogP contribution is 2.20. The fourth-order valence-corrected chi connectivity index (χ4v) is 2.58. The number of nitrogens with one attached hydrogen (secondary N) is 2. The summed E-state index contributed by atoms with van der Waals surface area (Å²) in [6, 6.07) is 9.57. The number of hydrogen-bond donors (Lipinski definition) is 2. The first-order valence-corrected chi connectivity index (χ1v) is 7.95. The van der Waals surface area contributed by atoms with Crippen LogP contribution in [0.5, 0.6) is 0 Å². The Balaban J connectivity index is 1.88. The second-order valence-electron chi connectivity index (χ2n) is 5.76. The molecule has 1 amide bonds. The van der Waals surface area contributed by atoms with Crippen LogP contribution in [0, 0.1) is 5.92 Å². The van der Waals surface area contributed by atoms with Crippen molar-refractivity contribution in [2.24, 2.45) is 10.9 Å². The van der Waals surface area contributed by atoms with Crippen molar-refractivity contribution in [2.45, 2.75) is 19.4 Å². The first-order valence-electron chi connectivity index (χ1n) is 7.95. The van der Waals surface area contributed by atoms with Gasteiger partial charge in [0.25, 0.3) is 0 Å². The number of nitrogens with zero attached hydrogens (tertiary/aromatic N) is 2. The second kappa shape index (κ2) is 8.33. The predicted octanol–water partition coefficient (Wildman–Crippen LogP) is 0.766. The first kappa shape index (κ1) is 17.8. The van der Waals surface area contributed by atoms with Crippen LogP contribution in [0.25, 0.3) is 0 Å². The summed E-state index contributed by atoms with van der Waals surface area (Å²) in [7, 11) is 3.03. The van der Waals surface area contributed by atoms with E-state index < -0.39 is 0 Å². The zero-order valence-corrected chi connectivity index (χ0v) is 14.3. The lowest BCUT2D eigenvalue weighted by molar-refractivity contribution is -0.144. The molecule has 2 atom stereocenters. The number of ether oxygens (including phenoxy) is 1. The third-order valence-electron chi connectivity index (χ3n) is 3.94. The Bertz CT molecular complexity index is 603. The molecular formula is C17H24N4O3. The SMILES string of the molecule is CN=C(NCC(C)C(=O)OC)NC1CC(=O)N(c2ccccc2)C1. The van der Waals surface area contributed by atoms with E-state index in [-0.39, 0.29) is 23.8 Å². The number of benzene rings is 1. The van der Waals surface area contributed by atoms with Gasteiger partial charge in [0.15, 0.2) is 5.96 Å². The smallest absolute Gasteiger partial charge is 0.310 e. The van der Waals surface area contributed by atoms with Crippen LogP contribution in [-0.4, -0.2) is 51.1 Å². The molecule has 0 radical (unpaired) electrons. The summed E-state index contributed by atoms with van der Waals surface area (Å²) in [4.78, 5) is 29.5. The molecule has 24 heavy (non-hydrogen) atoms. The molecule has 1 aromatic carbocycles. The number of carbonyl (C=O) groups is 2. The van der Waals surface area contributed by atoms with Gasteiger partial charge in [-0.2, -0.15) is 0 Å². The number of rotatable bonds is 5. The van der Waals surface area contributed by atoms with Crippen molar-refractivity contribution in [2.75, 3.05) is 32.1 Å². The summed E-state index contributed by atoms with van der Waals surface area (Å²) in [6.45, 7) is 2.77. The van der Waals surface area contributed by atoms with Gasteiger partial charge in [0.05, 0.1) is 19.1 Å². The van der Waals surface area contributed by atoms with Gasteiger partial charge in [-0.3, -0.25) is 14.6 Å². The molecule has 2 rings (SSSR count). The number of hydrogen-bond acceptors (Lipinski definition) is 4. The number of aliphatic imine (C=N–C) groups is 1. The highest BCUT2D eigenvalue weighted by atomic mass is 16.5. The Morgan fingerprint density at radius 3 is 2.75 bits per heavy atom. The van der Waals surface area contributed by atoms with Gasteiger partial charge in [-0.1, -0.05) is 25.1 Å². The second-order valence-corrected chi connectivity index (χ2v) is 5.76. The molecule has 0 bridgehead atoms. The summed E-state index contributed by atoms with van der Waals surface area (Å²) in [5.41, 5.74) is 0.897. The number of guanidine groups is 1. The van der Waals surface area contributed by atoms with Crippen molar-refractivity contribution in [1.82, 2.24) is 10.6 Å². The molecule has 0 aliphatic carbocycles. The van der Waals surface area contributed by atoms with Gasteiger partial charge in [-0.15, -0.1) is 0 Å². The van der Waals surface area contributed by atoms with E-state index in [9.17, 15) is 9.59 Å². The normalized spacial score (nSPS) is 19.1. The van der Waals surface area contributed by atoms with Gasteiger partial charge < -0.3 is 20.3 Å². The van der Waals surface area contributed by atoms with Crippen LogP contribution in [0.15, 0.2) is 35.3 Å². The Morgan fingerprint density at radius 1 is 1.42 bits per heavy atom. The standard InChI is InChI=1S/C17H24N4O3/c1-12(16(23)24-3)10-19-17(18-2)20-13-9-15(22)21(11-13)14-7-5-4-6-8-14/h4-8,12-13H,9-11H2,1-3H3,(H2,18,19,20). The maximum absolute atomic E-state index is 12.2. The molecule has 0 saturated carbocycles. The van der Waals surface area contributed by atoms with Crippen LogP contribution in [0.2, 0.25) is 0 Å². The summed E-state index contributed by atoms with van der Waals surface area (Å²) < 4.78 is 4.70. The Labute approximate surface area is 142 Å². The van der Waals surface area contributed by atoms with Gasteiger partial charge in [0.1, 0.15) is 0 Å². The number of anilines is 1. The molecule has 1 saturated heterocycles. The predicted molar refractivity (Wildman–Crippen MR) is 92.9 cm³/mol. The topological polar surface area (TPSA) is 83.0 Å². The summed E-state index contributed by atoms with van der Waals surface area (Å²) >= 11 is 0. The maximum atomic E-state index is 12.2. The third-order valence-corrected chi connectivity index (χ3v) is 3.94. The monoisotopic (exact) mass is 332 g/mol. The fourth-order valence-electron chi connectivity index (χ4n) is 2.58. The average molecular weight is 332 g/mol. The molecule has 1 heterocycles. The zero-order chi connectivity index (χ0) is 17.5. The van der Waals surface area contributed by atoms with E-state index in [4.69, 9.17) is 4.74 Å². The molecule has 2 N–H and O–H groups in total. The number of amides is 1. The minimum Gasteiger partial charge on any atom is -0.469 e. The fraction of sp³-hybridized carbons (Fsp3) is 0.471. The minimum absolute atomic E-state index is 0.0302. The van der Waals surface area contributed by atoms with Gasteiger partial charge >= 0.3 is 5.97 Å². The molecular weight excluding hydrogens is 308 g/mol. The third kappa shape index (κ3) is 4.47. The van der Waals surface area contributed by atoms with E-state index in [1.165, 1.54) is 7.11 Å². The number of methoxy groups -OCH3 is 1. The Kier molecular flexibility index (Phi) is 6.17. The average Bonchev–Trinajstić information content (AvgIpc) is 2.98. The van der Waals surface area contributed by atoms with Crippen LogP contribution >= 0.6 is 0 Å². The molecule has 1 aromatic rings. The first-order chi connectivity index (χ1) is 11.5. The molecule has 130 valence electrons. The van der Waals surface area contributed by atoms with Crippen LogP contribution in [-0.2, 0) is 14.3 Å². The highest BCUT2D eigenvalue weighted by Gasteiger charge is 2.31. The Hall–Kier alpha value is -2.57. The minimum atomic E-state index is -0.278. The van der Waals surface area contributed by atoms with Crippen LogP contribution in [0.4, 0.5) is 5.69 Å². The molecule has 1 aliphatic heterocycles. The number of carbonyl (C=O) groups excluding carboxylic acids is 2. The van der Waals surface area contributed by atoms with Gasteiger partial charge in [-0.05, 0) is 12.1 Å². The molecule has 7 nitrogen and oxygen atoms in total. The maximum Gasteiger partial charge on any atom is 0.310 e. The van der Waals surface area contributed by atoms with E-state index >= 15 is 0 Å².